The number of nitrogens with zero attached hydrogens (tertiary/aromatic N) is 1. The van der Waals surface area contributed by atoms with E-state index in [1.807, 2.05) is 0 Å². The van der Waals surface area contributed by atoms with Crippen molar-refractivity contribution in [2.24, 2.45) is 5.73 Å². The molecule has 0 bridgehead atoms. The minimum atomic E-state index is 0.0903. The molecule has 0 spiro atoms. The lowest BCUT2D eigenvalue weighted by Crippen LogP contribution is -2.36. The zero-order chi connectivity index (χ0) is 8.43. The molecule has 1 aliphatic rings. The quantitative estimate of drug-likeness (QED) is 0.596. The first-order chi connectivity index (χ1) is 5.13. The molecular formula is C8H14N2O. The molecule has 62 valence electrons. The van der Waals surface area contributed by atoms with Gasteiger partial charge in [0.1, 0.15) is 0 Å². The molecule has 3 heteroatoms. The second-order valence-electron chi connectivity index (χ2n) is 2.95. The molecule has 0 aliphatic carbocycles. The monoisotopic (exact) mass is 154 g/mol. The van der Waals surface area contributed by atoms with E-state index in [2.05, 4.69) is 6.58 Å². The fraction of sp³-hybridized carbons (Fsp3) is 0.625. The van der Waals surface area contributed by atoms with Crippen molar-refractivity contribution >= 4 is 5.91 Å². The average Bonchev–Trinajstić information content (AvgIpc) is 2.32. The van der Waals surface area contributed by atoms with Gasteiger partial charge in [-0.05, 0) is 12.8 Å². The Balaban J connectivity index is 2.65. The summed E-state index contributed by atoms with van der Waals surface area (Å²) in [4.78, 5) is 12.8. The Kier molecular flexibility index (Phi) is 2.17. The van der Waals surface area contributed by atoms with E-state index in [9.17, 15) is 4.79 Å². The Bertz CT molecular complexity index is 169. The Morgan fingerprint density at radius 2 is 2.36 bits per heavy atom. The predicted octanol–water partition coefficient (Wildman–Crippen LogP) is 0.470. The van der Waals surface area contributed by atoms with Gasteiger partial charge in [-0.15, -0.1) is 0 Å². The third-order valence-corrected chi connectivity index (χ3v) is 2.09. The molecule has 1 rings (SSSR count). The number of carbonyl (C=O) groups is 1. The standard InChI is InChI=1S/C8H14N2O/c1-6(9)8-4-3-5-10(8)7(2)11/h8H,1,3-5,9H2,2H3. The summed E-state index contributed by atoms with van der Waals surface area (Å²) < 4.78 is 0. The summed E-state index contributed by atoms with van der Waals surface area (Å²) >= 11 is 0. The van der Waals surface area contributed by atoms with Crippen molar-refractivity contribution in [2.45, 2.75) is 25.8 Å². The molecule has 11 heavy (non-hydrogen) atoms. The molecule has 1 atom stereocenters. The first-order valence-corrected chi connectivity index (χ1v) is 3.84. The van der Waals surface area contributed by atoms with Crippen LogP contribution in [0.1, 0.15) is 19.8 Å². The van der Waals surface area contributed by atoms with E-state index < -0.39 is 0 Å². The van der Waals surface area contributed by atoms with E-state index in [1.54, 1.807) is 11.8 Å². The van der Waals surface area contributed by atoms with Gasteiger partial charge in [0.25, 0.3) is 0 Å². The lowest BCUT2D eigenvalue weighted by Gasteiger charge is -2.22. The van der Waals surface area contributed by atoms with Gasteiger partial charge in [0.05, 0.1) is 6.04 Å². The van der Waals surface area contributed by atoms with Gasteiger partial charge in [0.15, 0.2) is 0 Å². The zero-order valence-corrected chi connectivity index (χ0v) is 6.84. The highest BCUT2D eigenvalue weighted by Gasteiger charge is 2.26. The van der Waals surface area contributed by atoms with Crippen molar-refractivity contribution in [1.82, 2.24) is 4.90 Å². The zero-order valence-electron chi connectivity index (χ0n) is 6.84. The van der Waals surface area contributed by atoms with Crippen LogP contribution < -0.4 is 5.73 Å². The molecule has 0 aromatic rings. The molecule has 0 radical (unpaired) electrons. The predicted molar refractivity (Wildman–Crippen MR) is 43.7 cm³/mol. The van der Waals surface area contributed by atoms with Gasteiger partial charge in [0.2, 0.25) is 5.91 Å². The maximum atomic E-state index is 11.0. The van der Waals surface area contributed by atoms with Gasteiger partial charge < -0.3 is 10.6 Å². The van der Waals surface area contributed by atoms with Crippen LogP contribution in [0.25, 0.3) is 0 Å². The molecule has 1 unspecified atom stereocenters. The van der Waals surface area contributed by atoms with Crippen LogP contribution in [0.4, 0.5) is 0 Å². The van der Waals surface area contributed by atoms with E-state index in [-0.39, 0.29) is 11.9 Å². The van der Waals surface area contributed by atoms with Gasteiger partial charge in [-0.25, -0.2) is 0 Å². The smallest absolute Gasteiger partial charge is 0.220 e. The number of likely N-dealkylation sites (tertiary alicyclic amines) is 1. The van der Waals surface area contributed by atoms with Crippen LogP contribution >= 0.6 is 0 Å². The van der Waals surface area contributed by atoms with Crippen LogP contribution in [0.5, 0.6) is 0 Å². The Morgan fingerprint density at radius 3 is 2.73 bits per heavy atom. The van der Waals surface area contributed by atoms with Crippen LogP contribution in [-0.4, -0.2) is 23.4 Å². The van der Waals surface area contributed by atoms with Gasteiger partial charge in [-0.1, -0.05) is 6.58 Å². The topological polar surface area (TPSA) is 46.3 Å². The number of hydrogen-bond donors (Lipinski definition) is 1. The molecule has 0 saturated carbocycles. The molecular weight excluding hydrogens is 140 g/mol. The number of rotatable bonds is 1. The second kappa shape index (κ2) is 2.95. The van der Waals surface area contributed by atoms with Crippen LogP contribution in [-0.2, 0) is 4.79 Å². The van der Waals surface area contributed by atoms with Gasteiger partial charge >= 0.3 is 0 Å². The van der Waals surface area contributed by atoms with Crippen LogP contribution in [0.15, 0.2) is 12.3 Å². The summed E-state index contributed by atoms with van der Waals surface area (Å²) in [6.07, 6.45) is 2.01. The highest BCUT2D eigenvalue weighted by molar-refractivity contribution is 5.74. The number of amides is 1. The fourth-order valence-electron chi connectivity index (χ4n) is 1.53. The minimum Gasteiger partial charge on any atom is -0.401 e. The summed E-state index contributed by atoms with van der Waals surface area (Å²) in [6.45, 7) is 6.05. The average molecular weight is 154 g/mol. The third-order valence-electron chi connectivity index (χ3n) is 2.09. The van der Waals surface area contributed by atoms with Gasteiger partial charge in [-0.2, -0.15) is 0 Å². The molecule has 1 saturated heterocycles. The maximum Gasteiger partial charge on any atom is 0.220 e. The second-order valence-corrected chi connectivity index (χ2v) is 2.95. The van der Waals surface area contributed by atoms with E-state index in [4.69, 9.17) is 5.73 Å². The SMILES string of the molecule is C=C(N)C1CCCN1C(C)=O. The largest absolute Gasteiger partial charge is 0.401 e. The molecule has 1 fully saturated rings. The third kappa shape index (κ3) is 1.53. The lowest BCUT2D eigenvalue weighted by molar-refractivity contribution is -0.129. The van der Waals surface area contributed by atoms with Crippen molar-refractivity contribution in [3.63, 3.8) is 0 Å². The molecule has 3 nitrogen and oxygen atoms in total. The molecule has 0 aromatic carbocycles. The Morgan fingerprint density at radius 1 is 1.73 bits per heavy atom. The van der Waals surface area contributed by atoms with Gasteiger partial charge in [0, 0.05) is 19.2 Å². The Labute approximate surface area is 66.9 Å². The van der Waals surface area contributed by atoms with Crippen molar-refractivity contribution in [1.29, 1.82) is 0 Å². The van der Waals surface area contributed by atoms with Crippen LogP contribution in [0.3, 0.4) is 0 Å². The van der Waals surface area contributed by atoms with Crippen molar-refractivity contribution in [3.05, 3.63) is 12.3 Å². The molecule has 2 N–H and O–H groups in total. The van der Waals surface area contributed by atoms with Crippen LogP contribution in [0.2, 0.25) is 0 Å². The van der Waals surface area contributed by atoms with E-state index in [0.717, 1.165) is 19.4 Å². The molecule has 1 aliphatic heterocycles. The maximum absolute atomic E-state index is 11.0. The molecule has 0 aromatic heterocycles. The van der Waals surface area contributed by atoms with E-state index in [1.165, 1.54) is 0 Å². The fourth-order valence-corrected chi connectivity index (χ4v) is 1.53. The summed E-state index contributed by atoms with van der Waals surface area (Å²) in [5.74, 6) is 0.0964. The summed E-state index contributed by atoms with van der Waals surface area (Å²) in [5, 5.41) is 0. The first-order valence-electron chi connectivity index (χ1n) is 3.84. The normalized spacial score (nSPS) is 23.7. The Hall–Kier alpha value is -0.990. The molecule has 1 heterocycles. The van der Waals surface area contributed by atoms with E-state index >= 15 is 0 Å². The van der Waals surface area contributed by atoms with Crippen molar-refractivity contribution in [3.8, 4) is 0 Å². The minimum absolute atomic E-state index is 0.0903. The summed E-state index contributed by atoms with van der Waals surface area (Å²) in [5.41, 5.74) is 6.15. The van der Waals surface area contributed by atoms with Crippen molar-refractivity contribution < 1.29 is 4.79 Å². The number of carbonyl (C=O) groups excluding carboxylic acids is 1. The number of hydrogen-bond acceptors (Lipinski definition) is 2. The summed E-state index contributed by atoms with van der Waals surface area (Å²) in [6, 6.07) is 0.0903. The number of nitrogens with two attached hydrogens (primary N) is 1. The van der Waals surface area contributed by atoms with Crippen LogP contribution in [0, 0.1) is 0 Å². The van der Waals surface area contributed by atoms with E-state index in [0.29, 0.717) is 5.70 Å². The highest BCUT2D eigenvalue weighted by Crippen LogP contribution is 2.19. The van der Waals surface area contributed by atoms with Crippen molar-refractivity contribution in [2.75, 3.05) is 6.54 Å². The highest BCUT2D eigenvalue weighted by atomic mass is 16.2. The summed E-state index contributed by atoms with van der Waals surface area (Å²) in [7, 11) is 0. The van der Waals surface area contributed by atoms with Gasteiger partial charge in [-0.3, -0.25) is 4.79 Å². The lowest BCUT2D eigenvalue weighted by atomic mass is 10.2. The first kappa shape index (κ1) is 8.11. The molecule has 1 amide bonds.